The van der Waals surface area contributed by atoms with Crippen molar-refractivity contribution in [3.63, 3.8) is 0 Å². The molecule has 2 atom stereocenters. The normalized spacial score (nSPS) is 19.4. The average Bonchev–Trinajstić information content (AvgIpc) is 3.10. The minimum absolute atomic E-state index is 0.172. The molecule has 0 aliphatic carbocycles. The second-order valence-electron chi connectivity index (χ2n) is 12.2. The van der Waals surface area contributed by atoms with E-state index in [1.54, 1.807) is 20.8 Å². The van der Waals surface area contributed by atoms with E-state index in [9.17, 15) is 22.6 Å². The molecule has 2 aliphatic heterocycles. The third kappa shape index (κ3) is 13.4. The van der Waals surface area contributed by atoms with Crippen molar-refractivity contribution in [2.75, 3.05) is 39.3 Å². The Hall–Kier alpha value is -1.63. The topological polar surface area (TPSA) is 128 Å². The summed E-state index contributed by atoms with van der Waals surface area (Å²) in [6.45, 7) is 20.6. The molecule has 1 N–H and O–H groups in total. The lowest BCUT2D eigenvalue weighted by atomic mass is 10.0. The van der Waals surface area contributed by atoms with E-state index in [1.807, 2.05) is 0 Å². The highest BCUT2D eigenvalue weighted by atomic mass is 32.3. The highest BCUT2D eigenvalue weighted by Gasteiger charge is 2.46. The smallest absolute Gasteiger partial charge is 0.407 e. The highest BCUT2D eigenvalue weighted by molar-refractivity contribution is 7.80. The number of carbonyl (C=O) groups excluding carboxylic acids is 2. The van der Waals surface area contributed by atoms with Crippen LogP contribution in [0.2, 0.25) is 0 Å². The van der Waals surface area contributed by atoms with Crippen LogP contribution in [0, 0.1) is 0 Å². The number of amides is 3. The van der Waals surface area contributed by atoms with Crippen LogP contribution in [0.1, 0.15) is 113 Å². The highest BCUT2D eigenvalue weighted by Crippen LogP contribution is 2.30. The first kappa shape index (κ1) is 36.4. The van der Waals surface area contributed by atoms with Gasteiger partial charge < -0.3 is 24.0 Å². The molecular formula is C28H56N4O7S. The number of hydroxylamine groups is 2. The van der Waals surface area contributed by atoms with Crippen LogP contribution >= 0.6 is 0 Å². The molecule has 11 nitrogen and oxygen atoms in total. The summed E-state index contributed by atoms with van der Waals surface area (Å²) >= 11 is 0. The first-order valence-electron chi connectivity index (χ1n) is 15.3. The summed E-state index contributed by atoms with van der Waals surface area (Å²) in [7, 11) is -5.00. The van der Waals surface area contributed by atoms with Crippen LogP contribution in [0.5, 0.6) is 0 Å². The molecule has 0 radical (unpaired) electrons. The number of alkyl carbamates (subject to hydrolysis) is 1. The third-order valence-electron chi connectivity index (χ3n) is 7.44. The number of hydrogen-bond acceptors (Lipinski definition) is 7. The third-order valence-corrected chi connectivity index (χ3v) is 7.79. The van der Waals surface area contributed by atoms with Crippen molar-refractivity contribution >= 4 is 22.5 Å². The molecule has 0 aromatic heterocycles. The van der Waals surface area contributed by atoms with Crippen molar-refractivity contribution < 1.29 is 36.1 Å². The molecule has 2 aliphatic rings. The second kappa shape index (κ2) is 17.4. The number of hydrogen-bond donors (Lipinski definition) is 1. The molecule has 2 rings (SSSR count). The van der Waals surface area contributed by atoms with Crippen molar-refractivity contribution in [2.45, 2.75) is 130 Å². The summed E-state index contributed by atoms with van der Waals surface area (Å²) in [6, 6.07) is -1.49. The summed E-state index contributed by atoms with van der Waals surface area (Å²) in [4.78, 5) is 25.2. The Labute approximate surface area is 243 Å². The lowest BCUT2D eigenvalue weighted by Crippen LogP contribution is -2.50. The van der Waals surface area contributed by atoms with Crippen LogP contribution in [0.25, 0.3) is 0 Å². The Morgan fingerprint density at radius 3 is 1.82 bits per heavy atom. The Bertz CT molecular complexity index is 826. The van der Waals surface area contributed by atoms with Gasteiger partial charge in [-0.25, -0.2) is 18.0 Å². The lowest BCUT2D eigenvalue weighted by molar-refractivity contribution is -0.929. The molecular weight excluding hydrogens is 536 g/mol. The number of quaternary nitrogens is 1. The zero-order chi connectivity index (χ0) is 30.4. The fraction of sp³-hybridized carbons (Fsp3) is 0.929. The van der Waals surface area contributed by atoms with E-state index in [0.717, 1.165) is 0 Å². The van der Waals surface area contributed by atoms with Crippen LogP contribution < -0.4 is 5.32 Å². The minimum Gasteiger partial charge on any atom is -0.724 e. The zero-order valence-corrected chi connectivity index (χ0v) is 26.9. The van der Waals surface area contributed by atoms with Gasteiger partial charge in [-0.3, -0.25) is 0 Å². The van der Waals surface area contributed by atoms with Crippen LogP contribution in [-0.2, 0) is 19.4 Å². The van der Waals surface area contributed by atoms with E-state index in [4.69, 9.17) is 4.74 Å². The lowest BCUT2D eigenvalue weighted by Gasteiger charge is -2.39. The Balaban J connectivity index is 0.000000421. The quantitative estimate of drug-likeness (QED) is 0.149. The molecule has 3 amide bonds. The maximum absolute atomic E-state index is 12.1. The summed E-state index contributed by atoms with van der Waals surface area (Å²) < 4.78 is 42.8. The van der Waals surface area contributed by atoms with Gasteiger partial charge in [0.1, 0.15) is 5.60 Å². The van der Waals surface area contributed by atoms with Gasteiger partial charge in [0, 0.05) is 13.1 Å². The molecule has 0 aromatic carbocycles. The largest absolute Gasteiger partial charge is 0.724 e. The predicted octanol–water partition coefficient (Wildman–Crippen LogP) is 5.18. The van der Waals surface area contributed by atoms with Gasteiger partial charge in [-0.2, -0.15) is 9.35 Å². The molecule has 236 valence electrons. The standard InChI is InChI=1S/C16H36N.C12H21N3O7S/c1-5-9-13-17(14-10-6-2,15-11-7-3)16-12-8-4;1-12(2,3)21-10(16)13-6-8-4-5-9-7-14(8)11(17)15(9)22-23(18,19)20/h5-16H2,1-4H3;8-9H,4-7H2,1-3H3,(H,13,16)(H,18,19,20)/q+1;/p-1/t;8-,9+/m.0/s1. The molecule has 2 fully saturated rings. The van der Waals surface area contributed by atoms with E-state index in [1.165, 1.54) is 86.9 Å². The van der Waals surface area contributed by atoms with Gasteiger partial charge in [0.2, 0.25) is 10.4 Å². The van der Waals surface area contributed by atoms with Crippen molar-refractivity contribution in [3.05, 3.63) is 0 Å². The molecule has 2 saturated heterocycles. The first-order chi connectivity index (χ1) is 18.7. The van der Waals surface area contributed by atoms with Gasteiger partial charge >= 0.3 is 12.1 Å². The molecule has 0 spiro atoms. The molecule has 2 heterocycles. The van der Waals surface area contributed by atoms with Gasteiger partial charge in [0.25, 0.3) is 0 Å². The van der Waals surface area contributed by atoms with Crippen LogP contribution in [-0.4, -0.2) is 96.5 Å². The number of carbonyl (C=O) groups is 2. The van der Waals surface area contributed by atoms with Crippen molar-refractivity contribution in [1.29, 1.82) is 0 Å². The second-order valence-corrected chi connectivity index (χ2v) is 13.1. The van der Waals surface area contributed by atoms with Gasteiger partial charge in [-0.15, -0.1) is 0 Å². The number of unbranched alkanes of at least 4 members (excludes halogenated alkanes) is 4. The number of urea groups is 1. The van der Waals surface area contributed by atoms with Gasteiger partial charge in [0.15, 0.2) is 0 Å². The summed E-state index contributed by atoms with van der Waals surface area (Å²) in [6.07, 6.45) is 11.5. The minimum atomic E-state index is -5.00. The number of ether oxygens (including phenoxy) is 1. The molecule has 0 aromatic rings. The van der Waals surface area contributed by atoms with Crippen LogP contribution in [0.15, 0.2) is 0 Å². The number of rotatable bonds is 16. The van der Waals surface area contributed by atoms with Crippen molar-refractivity contribution in [1.82, 2.24) is 15.3 Å². The van der Waals surface area contributed by atoms with Gasteiger partial charge in [-0.1, -0.05) is 53.4 Å². The number of piperidine rings is 1. The van der Waals surface area contributed by atoms with Crippen molar-refractivity contribution in [3.8, 4) is 0 Å². The van der Waals surface area contributed by atoms with Gasteiger partial charge in [0.05, 0.1) is 38.3 Å². The molecule has 2 bridgehead atoms. The Morgan fingerprint density at radius 1 is 0.950 bits per heavy atom. The molecule has 0 saturated carbocycles. The van der Waals surface area contributed by atoms with E-state index >= 15 is 0 Å². The molecule has 0 unspecified atom stereocenters. The predicted molar refractivity (Wildman–Crippen MR) is 155 cm³/mol. The zero-order valence-electron chi connectivity index (χ0n) is 26.1. The monoisotopic (exact) mass is 592 g/mol. The number of nitrogens with zero attached hydrogens (tertiary/aromatic N) is 3. The maximum atomic E-state index is 12.1. The van der Waals surface area contributed by atoms with Crippen molar-refractivity contribution in [2.24, 2.45) is 0 Å². The first-order valence-corrected chi connectivity index (χ1v) is 16.6. The summed E-state index contributed by atoms with van der Waals surface area (Å²) in [5.41, 5.74) is -0.627. The fourth-order valence-electron chi connectivity index (χ4n) is 5.28. The molecule has 12 heteroatoms. The number of fused-ring (bicyclic) bond motifs is 2. The van der Waals surface area contributed by atoms with E-state index < -0.39 is 34.2 Å². The maximum Gasteiger partial charge on any atom is 0.407 e. The van der Waals surface area contributed by atoms with Crippen LogP contribution in [0.4, 0.5) is 9.59 Å². The SMILES string of the molecule is CC(C)(C)OC(=O)NC[C@@H]1CC[C@@H]2CN1C(=O)N2OS(=O)(=O)[O-].CCCC[N+](CCCC)(CCCC)CCCC. The molecule has 40 heavy (non-hydrogen) atoms. The Kier molecular flexibility index (Phi) is 15.8. The summed E-state index contributed by atoms with van der Waals surface area (Å²) in [5.74, 6) is 0. The van der Waals surface area contributed by atoms with Gasteiger partial charge in [-0.05, 0) is 59.3 Å². The summed E-state index contributed by atoms with van der Waals surface area (Å²) in [5, 5.41) is 3.19. The average molecular weight is 593 g/mol. The van der Waals surface area contributed by atoms with E-state index in [0.29, 0.717) is 17.9 Å². The number of nitrogens with one attached hydrogen (secondary N) is 1. The van der Waals surface area contributed by atoms with Crippen LogP contribution in [0.3, 0.4) is 0 Å². The van der Waals surface area contributed by atoms with E-state index in [-0.39, 0.29) is 19.1 Å². The van der Waals surface area contributed by atoms with E-state index in [2.05, 4.69) is 37.3 Å². The Morgan fingerprint density at radius 2 is 1.43 bits per heavy atom. The fourth-order valence-corrected chi connectivity index (χ4v) is 5.66.